The number of rotatable bonds is 4. The zero-order valence-electron chi connectivity index (χ0n) is 20.2. The van der Waals surface area contributed by atoms with Crippen molar-refractivity contribution < 1.29 is 59.0 Å². The molecular formula is C23H22F7N3O6S. The molecule has 1 aromatic heterocycles. The molecule has 40 heavy (non-hydrogen) atoms. The van der Waals surface area contributed by atoms with Crippen molar-refractivity contribution in [2.24, 2.45) is 0 Å². The minimum atomic E-state index is -5.08. The molecule has 2 aromatic carbocycles. The summed E-state index contributed by atoms with van der Waals surface area (Å²) in [4.78, 5) is 20.2. The Morgan fingerprint density at radius 2 is 1.38 bits per heavy atom. The van der Waals surface area contributed by atoms with Crippen LogP contribution in [0.15, 0.2) is 59.6 Å². The van der Waals surface area contributed by atoms with E-state index in [-0.39, 0.29) is 4.90 Å². The largest absolute Gasteiger partial charge is 0.490 e. The zero-order chi connectivity index (χ0) is 30.3. The molecule has 0 saturated carbocycles. The standard InChI is InChI=1S/C19H20FN3O2S.2C2HF3O2/c20-16-12-15(14-22-10-7-21-8-11-22)18-6-9-23(19(18)13-16)26(24,25)17-4-2-1-3-5-17;2*3-2(4,5)1(6)7/h1-6,9,12-13,21H,7-8,10-11,14H2;2*(H,6,7). The first-order chi connectivity index (χ1) is 18.4. The van der Waals surface area contributed by atoms with Crippen LogP contribution < -0.4 is 5.32 Å². The fourth-order valence-corrected chi connectivity index (χ4v) is 4.77. The molecule has 1 aliphatic heterocycles. The smallest absolute Gasteiger partial charge is 0.475 e. The van der Waals surface area contributed by atoms with Gasteiger partial charge in [0.2, 0.25) is 0 Å². The molecule has 0 aliphatic carbocycles. The summed E-state index contributed by atoms with van der Waals surface area (Å²) in [6.45, 7) is 4.19. The van der Waals surface area contributed by atoms with E-state index < -0.39 is 40.1 Å². The quantitative estimate of drug-likeness (QED) is 0.387. The van der Waals surface area contributed by atoms with Gasteiger partial charge >= 0.3 is 24.3 Å². The third-order valence-electron chi connectivity index (χ3n) is 5.21. The van der Waals surface area contributed by atoms with E-state index in [9.17, 15) is 39.2 Å². The van der Waals surface area contributed by atoms with Crippen LogP contribution in [0, 0.1) is 5.82 Å². The Labute approximate surface area is 222 Å². The second-order valence-electron chi connectivity index (χ2n) is 8.06. The van der Waals surface area contributed by atoms with Gasteiger partial charge in [-0.15, -0.1) is 0 Å². The summed E-state index contributed by atoms with van der Waals surface area (Å²) in [7, 11) is -3.76. The lowest BCUT2D eigenvalue weighted by atomic mass is 10.1. The number of piperazine rings is 1. The van der Waals surface area contributed by atoms with Gasteiger partial charge in [-0.1, -0.05) is 18.2 Å². The van der Waals surface area contributed by atoms with Gasteiger partial charge in [-0.25, -0.2) is 26.4 Å². The van der Waals surface area contributed by atoms with E-state index in [0.29, 0.717) is 12.1 Å². The van der Waals surface area contributed by atoms with Gasteiger partial charge in [-0.3, -0.25) is 4.90 Å². The third kappa shape index (κ3) is 8.92. The molecule has 0 atom stereocenters. The summed E-state index contributed by atoms with van der Waals surface area (Å²) < 4.78 is 105. The van der Waals surface area contributed by atoms with Crippen LogP contribution in [0.25, 0.3) is 10.9 Å². The molecule has 4 rings (SSSR count). The molecule has 3 aromatic rings. The summed E-state index contributed by atoms with van der Waals surface area (Å²) in [5.41, 5.74) is 1.18. The average Bonchev–Trinajstić information content (AvgIpc) is 3.30. The van der Waals surface area contributed by atoms with Gasteiger partial charge < -0.3 is 15.5 Å². The monoisotopic (exact) mass is 601 g/mol. The van der Waals surface area contributed by atoms with Gasteiger partial charge in [0.1, 0.15) is 5.82 Å². The summed E-state index contributed by atoms with van der Waals surface area (Å²) in [5, 5.41) is 18.3. The molecule has 3 N–H and O–H groups in total. The summed E-state index contributed by atoms with van der Waals surface area (Å²) in [6.07, 6.45) is -8.66. The normalized spacial score (nSPS) is 14.5. The van der Waals surface area contributed by atoms with Crippen molar-refractivity contribution in [2.75, 3.05) is 26.2 Å². The number of aromatic nitrogens is 1. The number of aliphatic carboxylic acids is 2. The molecule has 0 spiro atoms. The van der Waals surface area contributed by atoms with Gasteiger partial charge in [0.15, 0.2) is 0 Å². The zero-order valence-corrected chi connectivity index (χ0v) is 21.0. The number of carboxylic acids is 2. The van der Waals surface area contributed by atoms with Crippen LogP contribution in [0.1, 0.15) is 5.56 Å². The topological polar surface area (TPSA) is 129 Å². The van der Waals surface area contributed by atoms with Crippen molar-refractivity contribution >= 4 is 32.9 Å². The summed E-state index contributed by atoms with van der Waals surface area (Å²) in [5.74, 6) is -5.94. The van der Waals surface area contributed by atoms with Crippen LogP contribution in [-0.4, -0.2) is 78.0 Å². The average molecular weight is 601 g/mol. The fourth-order valence-electron chi connectivity index (χ4n) is 3.41. The van der Waals surface area contributed by atoms with Gasteiger partial charge in [0, 0.05) is 44.3 Å². The number of hydrogen-bond donors (Lipinski definition) is 3. The summed E-state index contributed by atoms with van der Waals surface area (Å²) >= 11 is 0. The number of benzene rings is 2. The first kappa shape index (κ1) is 32.5. The third-order valence-corrected chi connectivity index (χ3v) is 6.92. The minimum absolute atomic E-state index is 0.186. The Morgan fingerprint density at radius 1 is 0.875 bits per heavy atom. The van der Waals surface area contributed by atoms with Crippen LogP contribution in [-0.2, 0) is 26.2 Å². The summed E-state index contributed by atoms with van der Waals surface area (Å²) in [6, 6.07) is 12.7. The van der Waals surface area contributed by atoms with E-state index in [2.05, 4.69) is 10.2 Å². The SMILES string of the molecule is O=C(O)C(F)(F)F.O=C(O)C(F)(F)F.O=S(=O)(c1ccccc1)n1ccc2c(CN3CCNCC3)cc(F)cc21. The van der Waals surface area contributed by atoms with E-state index >= 15 is 0 Å². The molecular weight excluding hydrogens is 579 g/mol. The van der Waals surface area contributed by atoms with Gasteiger partial charge in [0.05, 0.1) is 10.4 Å². The highest BCUT2D eigenvalue weighted by Crippen LogP contribution is 2.27. The highest BCUT2D eigenvalue weighted by molar-refractivity contribution is 7.90. The van der Waals surface area contributed by atoms with Crippen molar-refractivity contribution in [2.45, 2.75) is 23.8 Å². The Kier molecular flexibility index (Phi) is 10.6. The maximum absolute atomic E-state index is 14.3. The molecule has 2 heterocycles. The van der Waals surface area contributed by atoms with Crippen LogP contribution in [0.2, 0.25) is 0 Å². The van der Waals surface area contributed by atoms with Gasteiger partial charge in [0.25, 0.3) is 10.0 Å². The van der Waals surface area contributed by atoms with Crippen molar-refractivity contribution in [3.63, 3.8) is 0 Å². The van der Waals surface area contributed by atoms with Crippen LogP contribution in [0.4, 0.5) is 30.7 Å². The van der Waals surface area contributed by atoms with Crippen LogP contribution >= 0.6 is 0 Å². The molecule has 0 unspecified atom stereocenters. The van der Waals surface area contributed by atoms with E-state index in [4.69, 9.17) is 19.8 Å². The molecule has 1 saturated heterocycles. The minimum Gasteiger partial charge on any atom is -0.475 e. The van der Waals surface area contributed by atoms with Crippen molar-refractivity contribution in [1.82, 2.24) is 14.2 Å². The van der Waals surface area contributed by atoms with E-state index in [1.807, 2.05) is 0 Å². The number of nitrogens with one attached hydrogen (secondary N) is 1. The number of fused-ring (bicyclic) bond motifs is 1. The Hall–Kier alpha value is -3.70. The Balaban J connectivity index is 0.000000333. The van der Waals surface area contributed by atoms with E-state index in [1.54, 1.807) is 36.4 Å². The second-order valence-corrected chi connectivity index (χ2v) is 9.87. The molecule has 0 radical (unpaired) electrons. The van der Waals surface area contributed by atoms with Crippen molar-refractivity contribution in [3.05, 3.63) is 66.1 Å². The van der Waals surface area contributed by atoms with Crippen LogP contribution in [0.5, 0.6) is 0 Å². The molecule has 220 valence electrons. The lowest BCUT2D eigenvalue weighted by Crippen LogP contribution is -2.42. The van der Waals surface area contributed by atoms with Crippen molar-refractivity contribution in [3.8, 4) is 0 Å². The van der Waals surface area contributed by atoms with Crippen LogP contribution in [0.3, 0.4) is 0 Å². The van der Waals surface area contributed by atoms with E-state index in [0.717, 1.165) is 37.1 Å². The predicted octanol–water partition coefficient (Wildman–Crippen LogP) is 3.69. The van der Waals surface area contributed by atoms with Gasteiger partial charge in [-0.2, -0.15) is 26.3 Å². The lowest BCUT2D eigenvalue weighted by Gasteiger charge is -2.27. The number of hydrogen-bond acceptors (Lipinski definition) is 6. The Morgan fingerprint density at radius 3 is 1.85 bits per heavy atom. The number of carboxylic acid groups (broad SMARTS) is 2. The maximum Gasteiger partial charge on any atom is 0.490 e. The van der Waals surface area contributed by atoms with Gasteiger partial charge in [-0.05, 0) is 35.9 Å². The maximum atomic E-state index is 14.3. The second kappa shape index (κ2) is 13.1. The Bertz CT molecular complexity index is 1390. The first-order valence-electron chi connectivity index (χ1n) is 11.1. The number of alkyl halides is 6. The predicted molar refractivity (Wildman–Crippen MR) is 126 cm³/mol. The lowest BCUT2D eigenvalue weighted by molar-refractivity contribution is -0.193. The van der Waals surface area contributed by atoms with E-state index in [1.165, 1.54) is 22.3 Å². The molecule has 9 nitrogen and oxygen atoms in total. The molecule has 17 heteroatoms. The van der Waals surface area contributed by atoms with Crippen molar-refractivity contribution in [1.29, 1.82) is 0 Å². The fraction of sp³-hybridized carbons (Fsp3) is 0.304. The highest BCUT2D eigenvalue weighted by atomic mass is 32.2. The molecule has 1 aliphatic rings. The molecule has 0 bridgehead atoms. The number of halogens is 7. The molecule has 1 fully saturated rings. The number of carbonyl (C=O) groups is 2. The number of nitrogens with zero attached hydrogens (tertiary/aromatic N) is 2. The first-order valence-corrected chi connectivity index (χ1v) is 12.5. The molecule has 0 amide bonds. The highest BCUT2D eigenvalue weighted by Gasteiger charge is 2.38.